The van der Waals surface area contributed by atoms with Gasteiger partial charge < -0.3 is 70.1 Å². The zero-order chi connectivity index (χ0) is 33.8. The highest BCUT2D eigenvalue weighted by atomic mass is 79.9. The molecule has 46 heavy (non-hydrogen) atoms. The fourth-order valence-corrected chi connectivity index (χ4v) is 6.80. The van der Waals surface area contributed by atoms with Crippen LogP contribution < -0.4 is 4.74 Å². The van der Waals surface area contributed by atoms with Crippen LogP contribution in [-0.2, 0) is 15.1 Å². The number of hydrogen-bond donors (Lipinski definition) is 11. The smallest absolute Gasteiger partial charge is 0.229 e. The molecule has 0 radical (unpaired) electrons. The lowest BCUT2D eigenvalue weighted by Gasteiger charge is -2.54. The number of H-pyrrole nitrogens is 2. The van der Waals surface area contributed by atoms with E-state index in [1.165, 1.54) is 6.20 Å². The van der Waals surface area contributed by atoms with Gasteiger partial charge in [0, 0.05) is 33.3 Å². The standard InChI is InChI=1S/2C14H15BrClNO6/c15-5-1-2-6-9(10(5)16)7(3-17-6)22-14-13(21)12(20)11(19)8(4-18)23-14;15-12(6-18)14(16,22)13(21,10(19)11(20)23-12)8-5-17-9-4-2-1-3-7(8)9/h1-3,8,11-14,17-21H,4H2;1-5,10-11,17-22H,6H2/t;10-,11+,12+,13+,14-/m.0/s1. The normalized spacial score (nSPS) is 36.4. The highest BCUT2D eigenvalue weighted by Crippen LogP contribution is 2.55. The summed E-state index contributed by atoms with van der Waals surface area (Å²) in [6.07, 6.45) is -7.68. The summed E-state index contributed by atoms with van der Waals surface area (Å²) in [6, 6.07) is 10.4. The molecule has 0 aliphatic carbocycles. The molecule has 6 rings (SSSR count). The van der Waals surface area contributed by atoms with Gasteiger partial charge in [-0.3, -0.25) is 0 Å². The number of rotatable bonds is 5. The summed E-state index contributed by atoms with van der Waals surface area (Å²) in [7, 11) is 0. The third-order valence-electron chi connectivity index (χ3n) is 8.00. The van der Waals surface area contributed by atoms with Crippen LogP contribution in [0.25, 0.3) is 21.8 Å². The van der Waals surface area contributed by atoms with Gasteiger partial charge in [-0.1, -0.05) is 41.4 Å². The van der Waals surface area contributed by atoms with E-state index in [0.29, 0.717) is 31.5 Å². The Balaban J connectivity index is 0.000000181. The van der Waals surface area contributed by atoms with Crippen LogP contribution in [0.15, 0.2) is 53.3 Å². The molecule has 2 aliphatic heterocycles. The van der Waals surface area contributed by atoms with Crippen LogP contribution in [0.5, 0.6) is 5.75 Å². The number of halogens is 4. The second-order valence-electron chi connectivity index (χ2n) is 10.7. The average Bonchev–Trinajstić information content (AvgIpc) is 3.66. The van der Waals surface area contributed by atoms with Crippen molar-refractivity contribution in [1.29, 1.82) is 0 Å². The van der Waals surface area contributed by atoms with Crippen molar-refractivity contribution in [2.75, 3.05) is 13.2 Å². The van der Waals surface area contributed by atoms with Gasteiger partial charge in [0.15, 0.2) is 16.4 Å². The number of aliphatic hydroxyl groups excluding tert-OH is 7. The van der Waals surface area contributed by atoms with Crippen LogP contribution in [0.4, 0.5) is 0 Å². The van der Waals surface area contributed by atoms with Crippen molar-refractivity contribution in [3.63, 3.8) is 0 Å². The molecule has 2 saturated heterocycles. The summed E-state index contributed by atoms with van der Waals surface area (Å²) in [5.74, 6) is 0.315. The number of hydrogen-bond acceptors (Lipinski definition) is 12. The van der Waals surface area contributed by atoms with Crippen molar-refractivity contribution < 1.29 is 60.2 Å². The molecule has 2 aromatic carbocycles. The highest BCUT2D eigenvalue weighted by Gasteiger charge is 2.71. The van der Waals surface area contributed by atoms with Gasteiger partial charge in [-0.05, 0) is 50.1 Å². The van der Waals surface area contributed by atoms with Crippen LogP contribution in [0.2, 0.25) is 5.02 Å². The maximum absolute atomic E-state index is 11.1. The molecule has 2 aromatic heterocycles. The van der Waals surface area contributed by atoms with E-state index in [4.69, 9.17) is 37.4 Å². The zero-order valence-corrected chi connectivity index (χ0v) is 28.0. The number of fused-ring (bicyclic) bond motifs is 2. The molecule has 252 valence electrons. The SMILES string of the molecule is OCC1OC(Oc2c[nH]c3ccc(Br)c(Cl)c23)C(O)C(O)C1O.OC[C@@]1(Br)O[C@@H](O)[C@H](O)[C@](O)(c2c[nH]c3ccccc23)[C@]1(O)Cl. The molecule has 5 unspecified atom stereocenters. The van der Waals surface area contributed by atoms with E-state index in [1.807, 2.05) is 0 Å². The first-order chi connectivity index (χ1) is 21.6. The Morgan fingerprint density at radius 3 is 2.26 bits per heavy atom. The first-order valence-electron chi connectivity index (χ1n) is 13.6. The Bertz CT molecular complexity index is 1690. The third kappa shape index (κ3) is 5.76. The fourth-order valence-electron chi connectivity index (χ4n) is 5.40. The lowest BCUT2D eigenvalue weighted by Crippen LogP contribution is -2.74. The Kier molecular flexibility index (Phi) is 10.4. The Hall–Kier alpha value is -1.58. The number of para-hydroxylation sites is 1. The molecule has 2 fully saturated rings. The van der Waals surface area contributed by atoms with Gasteiger partial charge in [0.2, 0.25) is 11.4 Å². The largest absolute Gasteiger partial charge is 0.460 e. The van der Waals surface area contributed by atoms with E-state index in [1.54, 1.807) is 42.6 Å². The lowest BCUT2D eigenvalue weighted by molar-refractivity contribution is -0.348. The number of nitrogens with one attached hydrogen (secondary N) is 2. The number of aromatic amines is 2. The molecular weight excluding hydrogens is 787 g/mol. The second-order valence-corrected chi connectivity index (χ2v) is 13.8. The van der Waals surface area contributed by atoms with E-state index in [2.05, 4.69) is 41.8 Å². The molecule has 0 spiro atoms. The van der Waals surface area contributed by atoms with Gasteiger partial charge in [-0.25, -0.2) is 0 Å². The maximum Gasteiger partial charge on any atom is 0.229 e. The highest BCUT2D eigenvalue weighted by molar-refractivity contribution is 9.10. The minimum atomic E-state index is -2.70. The van der Waals surface area contributed by atoms with Crippen molar-refractivity contribution in [3.8, 4) is 5.75 Å². The van der Waals surface area contributed by atoms with Crippen molar-refractivity contribution in [1.82, 2.24) is 9.97 Å². The predicted octanol–water partition coefficient (Wildman–Crippen LogP) is 0.838. The number of alkyl halides is 2. The van der Waals surface area contributed by atoms with Crippen LogP contribution in [0, 0.1) is 0 Å². The van der Waals surface area contributed by atoms with Crippen molar-refractivity contribution >= 4 is 76.9 Å². The molecular formula is C28H30Br2Cl2N2O12. The Morgan fingerprint density at radius 2 is 1.59 bits per heavy atom. The molecule has 4 heterocycles. The zero-order valence-electron chi connectivity index (χ0n) is 23.3. The predicted molar refractivity (Wildman–Crippen MR) is 170 cm³/mol. The van der Waals surface area contributed by atoms with Gasteiger partial charge in [0.1, 0.15) is 36.3 Å². The molecule has 18 heteroatoms. The molecule has 2 aliphatic rings. The average molecular weight is 817 g/mol. The van der Waals surface area contributed by atoms with Crippen LogP contribution >= 0.6 is 55.1 Å². The summed E-state index contributed by atoms with van der Waals surface area (Å²) < 4.78 is 14.5. The van der Waals surface area contributed by atoms with Crippen LogP contribution in [0.3, 0.4) is 0 Å². The summed E-state index contributed by atoms with van der Waals surface area (Å²) in [4.78, 5) is 5.87. The molecule has 14 nitrogen and oxygen atoms in total. The number of aliphatic hydroxyl groups is 9. The molecule has 4 aromatic rings. The third-order valence-corrected chi connectivity index (χ3v) is 11.1. The Labute approximate surface area is 286 Å². The number of benzene rings is 2. The summed E-state index contributed by atoms with van der Waals surface area (Å²) in [5.41, 5.74) is -1.14. The number of aromatic nitrogens is 2. The fraction of sp³-hybridized carbons (Fsp3) is 0.429. The Morgan fingerprint density at radius 1 is 0.913 bits per heavy atom. The van der Waals surface area contributed by atoms with Gasteiger partial charge in [0.25, 0.3) is 0 Å². The molecule has 0 bridgehead atoms. The minimum Gasteiger partial charge on any atom is -0.460 e. The number of ether oxygens (including phenoxy) is 3. The lowest BCUT2D eigenvalue weighted by atomic mass is 9.77. The first kappa shape index (κ1) is 35.7. The van der Waals surface area contributed by atoms with E-state index in [9.17, 15) is 46.0 Å². The topological polar surface area (TPSA) is 241 Å². The van der Waals surface area contributed by atoms with Crippen molar-refractivity contribution in [2.45, 2.75) is 58.3 Å². The van der Waals surface area contributed by atoms with Crippen LogP contribution in [0.1, 0.15) is 5.56 Å². The van der Waals surface area contributed by atoms with Gasteiger partial charge in [-0.2, -0.15) is 0 Å². The molecule has 10 atom stereocenters. The van der Waals surface area contributed by atoms with Gasteiger partial charge >= 0.3 is 0 Å². The minimum absolute atomic E-state index is 0.0534. The summed E-state index contributed by atoms with van der Waals surface area (Å²) >= 11 is 18.6. The first-order valence-corrected chi connectivity index (χ1v) is 15.9. The summed E-state index contributed by atoms with van der Waals surface area (Å²) in [5, 5.41) is 89.2. The van der Waals surface area contributed by atoms with E-state index < -0.39 is 71.5 Å². The van der Waals surface area contributed by atoms with Crippen molar-refractivity contribution in [2.24, 2.45) is 0 Å². The van der Waals surface area contributed by atoms with Crippen molar-refractivity contribution in [3.05, 3.63) is 63.9 Å². The maximum atomic E-state index is 11.1. The molecule has 11 N–H and O–H groups in total. The van der Waals surface area contributed by atoms with Gasteiger partial charge in [-0.15, -0.1) is 0 Å². The van der Waals surface area contributed by atoms with E-state index >= 15 is 0 Å². The second kappa shape index (κ2) is 13.4. The quantitative estimate of drug-likeness (QED) is 0.126. The molecule has 0 amide bonds. The van der Waals surface area contributed by atoms with Gasteiger partial charge in [0.05, 0.1) is 29.1 Å². The van der Waals surface area contributed by atoms with E-state index in [0.717, 1.165) is 5.52 Å². The van der Waals surface area contributed by atoms with Crippen LogP contribution in [-0.4, -0.2) is 122 Å². The van der Waals surface area contributed by atoms with E-state index in [-0.39, 0.29) is 5.56 Å². The molecule has 0 saturated carbocycles. The monoisotopic (exact) mass is 814 g/mol. The summed E-state index contributed by atoms with van der Waals surface area (Å²) in [6.45, 7) is -1.40.